The summed E-state index contributed by atoms with van der Waals surface area (Å²) in [6.45, 7) is 1.99. The summed E-state index contributed by atoms with van der Waals surface area (Å²) in [4.78, 5) is 2.27. The van der Waals surface area contributed by atoms with E-state index in [1.165, 1.54) is 18.4 Å². The second kappa shape index (κ2) is 3.48. The van der Waals surface area contributed by atoms with Gasteiger partial charge in [-0.3, -0.25) is 0 Å². The van der Waals surface area contributed by atoms with Crippen molar-refractivity contribution < 1.29 is 0 Å². The van der Waals surface area contributed by atoms with Crippen LogP contribution in [-0.4, -0.2) is 18.1 Å². The Morgan fingerprint density at radius 1 is 1.42 bits per heavy atom. The molecule has 0 radical (unpaired) electrons. The second-order valence-electron chi connectivity index (χ2n) is 3.18. The Balaban J connectivity index is 1.89. The summed E-state index contributed by atoms with van der Waals surface area (Å²) in [6, 6.07) is 0. The Labute approximate surface area is 73.3 Å². The van der Waals surface area contributed by atoms with Crippen LogP contribution < -0.4 is 5.32 Å². The maximum atomic E-state index is 3.16. The van der Waals surface area contributed by atoms with Gasteiger partial charge in [0.15, 0.2) is 0 Å². The molecule has 1 N–H and O–H groups in total. The molecule has 12 heavy (non-hydrogen) atoms. The first-order valence-electron chi connectivity index (χ1n) is 4.45. The van der Waals surface area contributed by atoms with Crippen LogP contribution in [0.2, 0.25) is 0 Å². The van der Waals surface area contributed by atoms with Crippen molar-refractivity contribution >= 4 is 0 Å². The van der Waals surface area contributed by atoms with E-state index in [0.29, 0.717) is 0 Å². The molecule has 0 aromatic rings. The zero-order valence-electron chi connectivity index (χ0n) is 7.16. The molecule has 2 heteroatoms. The largest absolute Gasteiger partial charge is 0.373 e. The van der Waals surface area contributed by atoms with Crippen molar-refractivity contribution in [3.8, 4) is 0 Å². The molecule has 0 bridgehead atoms. The first-order chi connectivity index (χ1) is 5.95. The van der Waals surface area contributed by atoms with Crippen molar-refractivity contribution in [2.45, 2.75) is 12.8 Å². The van der Waals surface area contributed by atoms with Gasteiger partial charge in [-0.2, -0.15) is 0 Å². The lowest BCUT2D eigenvalue weighted by Gasteiger charge is -2.16. The number of rotatable bonds is 2. The molecule has 1 aliphatic heterocycles. The van der Waals surface area contributed by atoms with E-state index < -0.39 is 0 Å². The van der Waals surface area contributed by atoms with E-state index in [-0.39, 0.29) is 0 Å². The van der Waals surface area contributed by atoms with Gasteiger partial charge in [-0.25, -0.2) is 0 Å². The average Bonchev–Trinajstić information content (AvgIpc) is 2.59. The first-order valence-corrected chi connectivity index (χ1v) is 4.45. The lowest BCUT2D eigenvalue weighted by molar-refractivity contribution is 0.425. The van der Waals surface area contributed by atoms with E-state index in [4.69, 9.17) is 0 Å². The zero-order chi connectivity index (χ0) is 8.23. The molecule has 0 atom stereocenters. The first kappa shape index (κ1) is 7.47. The summed E-state index contributed by atoms with van der Waals surface area (Å²) in [5.41, 5.74) is 1.44. The van der Waals surface area contributed by atoms with Crippen LogP contribution in [0.4, 0.5) is 0 Å². The molecule has 64 valence electrons. The van der Waals surface area contributed by atoms with Gasteiger partial charge in [0, 0.05) is 18.9 Å². The van der Waals surface area contributed by atoms with Gasteiger partial charge in [0.05, 0.1) is 6.67 Å². The monoisotopic (exact) mass is 162 g/mol. The van der Waals surface area contributed by atoms with Crippen LogP contribution in [0.25, 0.3) is 0 Å². The molecule has 1 heterocycles. The highest BCUT2D eigenvalue weighted by Crippen LogP contribution is 2.11. The fraction of sp³-hybridized carbons (Fsp3) is 0.400. The molecule has 0 amide bonds. The highest BCUT2D eigenvalue weighted by Gasteiger charge is 2.05. The van der Waals surface area contributed by atoms with Crippen molar-refractivity contribution in [3.05, 3.63) is 36.2 Å². The summed E-state index contributed by atoms with van der Waals surface area (Å²) in [7, 11) is 0. The molecule has 0 aromatic carbocycles. The lowest BCUT2D eigenvalue weighted by Crippen LogP contribution is -2.22. The van der Waals surface area contributed by atoms with E-state index in [0.717, 1.165) is 13.2 Å². The minimum absolute atomic E-state index is 0.950. The van der Waals surface area contributed by atoms with Crippen LogP contribution in [0.15, 0.2) is 36.2 Å². The van der Waals surface area contributed by atoms with Gasteiger partial charge >= 0.3 is 0 Å². The van der Waals surface area contributed by atoms with Gasteiger partial charge in [0.2, 0.25) is 0 Å². The summed E-state index contributed by atoms with van der Waals surface area (Å²) >= 11 is 0. The zero-order valence-corrected chi connectivity index (χ0v) is 7.16. The fourth-order valence-corrected chi connectivity index (χ4v) is 1.51. The SMILES string of the molecule is C1=CC(CN2C=CNC2)=CCC1. The van der Waals surface area contributed by atoms with Crippen LogP contribution in [0.1, 0.15) is 12.8 Å². The van der Waals surface area contributed by atoms with Gasteiger partial charge in [0.1, 0.15) is 0 Å². The molecular weight excluding hydrogens is 148 g/mol. The smallest absolute Gasteiger partial charge is 0.0870 e. The standard InChI is InChI=1S/C10H14N2/c1-2-4-10(5-3-1)8-12-7-6-11-9-12/h2,4-7,11H,1,3,8-9H2. The highest BCUT2D eigenvalue weighted by atomic mass is 15.2. The Hall–Kier alpha value is -1.18. The Morgan fingerprint density at radius 3 is 3.08 bits per heavy atom. The molecule has 2 rings (SSSR count). The predicted molar refractivity (Wildman–Crippen MR) is 50.3 cm³/mol. The normalized spacial score (nSPS) is 21.0. The van der Waals surface area contributed by atoms with E-state index in [9.17, 15) is 0 Å². The number of nitrogens with zero attached hydrogens (tertiary/aromatic N) is 1. The van der Waals surface area contributed by atoms with Crippen LogP contribution in [0, 0.1) is 0 Å². The molecule has 0 fully saturated rings. The Bertz CT molecular complexity index is 238. The average molecular weight is 162 g/mol. The molecule has 2 nitrogen and oxygen atoms in total. The molecular formula is C10H14N2. The second-order valence-corrected chi connectivity index (χ2v) is 3.18. The quantitative estimate of drug-likeness (QED) is 0.663. The van der Waals surface area contributed by atoms with E-state index in [2.05, 4.69) is 34.6 Å². The Morgan fingerprint density at radius 2 is 2.42 bits per heavy atom. The van der Waals surface area contributed by atoms with Crippen molar-refractivity contribution in [1.29, 1.82) is 0 Å². The number of hydrogen-bond acceptors (Lipinski definition) is 2. The third-order valence-electron chi connectivity index (χ3n) is 2.16. The molecule has 2 aliphatic rings. The number of allylic oxidation sites excluding steroid dienone is 2. The highest BCUT2D eigenvalue weighted by molar-refractivity contribution is 5.24. The molecule has 0 spiro atoms. The Kier molecular flexibility index (Phi) is 2.16. The topological polar surface area (TPSA) is 15.3 Å². The molecule has 1 aliphatic carbocycles. The predicted octanol–water partition coefficient (Wildman–Crippen LogP) is 1.60. The van der Waals surface area contributed by atoms with Gasteiger partial charge in [-0.15, -0.1) is 0 Å². The summed E-state index contributed by atoms with van der Waals surface area (Å²) in [5.74, 6) is 0. The van der Waals surface area contributed by atoms with Crippen molar-refractivity contribution in [2.75, 3.05) is 13.2 Å². The van der Waals surface area contributed by atoms with E-state index >= 15 is 0 Å². The van der Waals surface area contributed by atoms with Crippen LogP contribution in [-0.2, 0) is 0 Å². The molecule has 0 saturated carbocycles. The molecule has 0 aromatic heterocycles. The summed E-state index contributed by atoms with van der Waals surface area (Å²) in [6.07, 6.45) is 13.3. The summed E-state index contributed by atoms with van der Waals surface area (Å²) in [5, 5.41) is 3.16. The minimum Gasteiger partial charge on any atom is -0.373 e. The fourth-order valence-electron chi connectivity index (χ4n) is 1.51. The lowest BCUT2D eigenvalue weighted by atomic mass is 10.1. The van der Waals surface area contributed by atoms with Gasteiger partial charge in [-0.1, -0.05) is 18.2 Å². The third kappa shape index (κ3) is 1.70. The number of nitrogens with one attached hydrogen (secondary N) is 1. The van der Waals surface area contributed by atoms with Gasteiger partial charge in [0.25, 0.3) is 0 Å². The molecule has 0 unspecified atom stereocenters. The van der Waals surface area contributed by atoms with E-state index in [1.807, 2.05) is 6.20 Å². The maximum absolute atomic E-state index is 3.16. The van der Waals surface area contributed by atoms with Crippen LogP contribution in [0.5, 0.6) is 0 Å². The van der Waals surface area contributed by atoms with Crippen LogP contribution in [0.3, 0.4) is 0 Å². The van der Waals surface area contributed by atoms with Gasteiger partial charge in [-0.05, 0) is 18.4 Å². The maximum Gasteiger partial charge on any atom is 0.0870 e. The van der Waals surface area contributed by atoms with Crippen LogP contribution >= 0.6 is 0 Å². The van der Waals surface area contributed by atoms with E-state index in [1.54, 1.807) is 0 Å². The minimum atomic E-state index is 0.950. The summed E-state index contributed by atoms with van der Waals surface area (Å²) < 4.78 is 0. The number of hydrogen-bond donors (Lipinski definition) is 1. The van der Waals surface area contributed by atoms with Gasteiger partial charge < -0.3 is 10.2 Å². The molecule has 0 saturated heterocycles. The van der Waals surface area contributed by atoms with Crippen molar-refractivity contribution in [2.24, 2.45) is 0 Å². The van der Waals surface area contributed by atoms with Crippen molar-refractivity contribution in [3.63, 3.8) is 0 Å². The van der Waals surface area contributed by atoms with Crippen molar-refractivity contribution in [1.82, 2.24) is 10.2 Å². The third-order valence-corrected chi connectivity index (χ3v) is 2.16.